The number of hydrogen-bond acceptors (Lipinski definition) is 2. The van der Waals surface area contributed by atoms with Crippen molar-refractivity contribution < 1.29 is 0 Å². The first-order valence-corrected chi connectivity index (χ1v) is 6.35. The molecule has 1 aliphatic carbocycles. The molecule has 1 aliphatic heterocycles. The highest BCUT2D eigenvalue weighted by molar-refractivity contribution is 7.99. The molecule has 70 valence electrons. The van der Waals surface area contributed by atoms with Crippen LogP contribution in [0.5, 0.6) is 0 Å². The van der Waals surface area contributed by atoms with Crippen LogP contribution in [0, 0.1) is 11.8 Å². The summed E-state index contributed by atoms with van der Waals surface area (Å²) in [6, 6.07) is 0.519. The minimum atomic E-state index is 0.519. The Morgan fingerprint density at radius 1 is 1.33 bits per heavy atom. The maximum absolute atomic E-state index is 6.18. The molecule has 0 spiro atoms. The van der Waals surface area contributed by atoms with E-state index in [2.05, 4.69) is 11.8 Å². The van der Waals surface area contributed by atoms with Crippen molar-refractivity contribution in [3.63, 3.8) is 0 Å². The van der Waals surface area contributed by atoms with Gasteiger partial charge < -0.3 is 5.73 Å². The molecular formula is C10H19NS. The third-order valence-electron chi connectivity index (χ3n) is 3.40. The average molecular weight is 185 g/mol. The van der Waals surface area contributed by atoms with E-state index in [0.717, 1.165) is 11.8 Å². The zero-order chi connectivity index (χ0) is 8.39. The van der Waals surface area contributed by atoms with Crippen molar-refractivity contribution in [3.8, 4) is 0 Å². The highest BCUT2D eigenvalue weighted by Gasteiger charge is 2.27. The van der Waals surface area contributed by atoms with Crippen LogP contribution in [0.3, 0.4) is 0 Å². The summed E-state index contributed by atoms with van der Waals surface area (Å²) >= 11 is 2.08. The minimum Gasteiger partial charge on any atom is -0.327 e. The van der Waals surface area contributed by atoms with Gasteiger partial charge in [-0.15, -0.1) is 0 Å². The molecule has 0 aromatic rings. The van der Waals surface area contributed by atoms with Gasteiger partial charge in [0.2, 0.25) is 0 Å². The molecule has 1 heterocycles. The van der Waals surface area contributed by atoms with Crippen molar-refractivity contribution in [1.29, 1.82) is 0 Å². The highest BCUT2D eigenvalue weighted by atomic mass is 32.2. The van der Waals surface area contributed by atoms with Crippen LogP contribution in [0.25, 0.3) is 0 Å². The van der Waals surface area contributed by atoms with Crippen molar-refractivity contribution in [3.05, 3.63) is 0 Å². The van der Waals surface area contributed by atoms with Crippen LogP contribution < -0.4 is 5.73 Å². The van der Waals surface area contributed by atoms with Crippen LogP contribution in [0.4, 0.5) is 0 Å². The molecule has 0 amide bonds. The second-order valence-corrected chi connectivity index (χ2v) is 5.47. The SMILES string of the molecule is NC(CC1CCC1)C1CCSC1. The number of hydrogen-bond donors (Lipinski definition) is 1. The second kappa shape index (κ2) is 4.01. The summed E-state index contributed by atoms with van der Waals surface area (Å²) in [7, 11) is 0. The lowest BCUT2D eigenvalue weighted by Crippen LogP contribution is -2.33. The second-order valence-electron chi connectivity index (χ2n) is 4.32. The molecule has 2 aliphatic rings. The molecule has 2 unspecified atom stereocenters. The number of rotatable bonds is 3. The topological polar surface area (TPSA) is 26.0 Å². The third kappa shape index (κ3) is 1.97. The molecular weight excluding hydrogens is 166 g/mol. The maximum atomic E-state index is 6.18. The predicted octanol–water partition coefficient (Wildman–Crippen LogP) is 2.26. The summed E-state index contributed by atoms with van der Waals surface area (Å²) in [6.07, 6.45) is 7.04. The Kier molecular flexibility index (Phi) is 2.97. The van der Waals surface area contributed by atoms with E-state index in [4.69, 9.17) is 5.73 Å². The molecule has 2 atom stereocenters. The van der Waals surface area contributed by atoms with Crippen LogP contribution >= 0.6 is 11.8 Å². The van der Waals surface area contributed by atoms with Crippen LogP contribution in [-0.4, -0.2) is 17.5 Å². The van der Waals surface area contributed by atoms with Gasteiger partial charge in [-0.05, 0) is 36.2 Å². The van der Waals surface area contributed by atoms with Crippen molar-refractivity contribution in [1.82, 2.24) is 0 Å². The molecule has 1 saturated carbocycles. The van der Waals surface area contributed by atoms with E-state index in [1.54, 1.807) is 0 Å². The van der Waals surface area contributed by atoms with Gasteiger partial charge in [0.15, 0.2) is 0 Å². The summed E-state index contributed by atoms with van der Waals surface area (Å²) in [5, 5.41) is 0. The van der Waals surface area contributed by atoms with Crippen LogP contribution in [0.1, 0.15) is 32.1 Å². The lowest BCUT2D eigenvalue weighted by Gasteiger charge is -2.30. The molecule has 0 bridgehead atoms. The summed E-state index contributed by atoms with van der Waals surface area (Å²) < 4.78 is 0. The Morgan fingerprint density at radius 3 is 2.67 bits per heavy atom. The first kappa shape index (κ1) is 8.89. The standard InChI is InChI=1S/C10H19NS/c11-10(6-8-2-1-3-8)9-4-5-12-7-9/h8-10H,1-7,11H2. The van der Waals surface area contributed by atoms with Crippen molar-refractivity contribution in [2.75, 3.05) is 11.5 Å². The smallest absolute Gasteiger partial charge is 0.00779 e. The van der Waals surface area contributed by atoms with Gasteiger partial charge in [0.05, 0.1) is 0 Å². The summed E-state index contributed by atoms with van der Waals surface area (Å²) in [5.41, 5.74) is 6.18. The average Bonchev–Trinajstić information content (AvgIpc) is 2.47. The van der Waals surface area contributed by atoms with Crippen LogP contribution in [0.15, 0.2) is 0 Å². The van der Waals surface area contributed by atoms with Crippen molar-refractivity contribution in [2.24, 2.45) is 17.6 Å². The Labute approximate surface area is 79.5 Å². The van der Waals surface area contributed by atoms with Crippen molar-refractivity contribution in [2.45, 2.75) is 38.1 Å². The molecule has 2 N–H and O–H groups in total. The van der Waals surface area contributed by atoms with E-state index in [1.165, 1.54) is 43.6 Å². The Hall–Kier alpha value is 0.310. The van der Waals surface area contributed by atoms with Gasteiger partial charge in [0.1, 0.15) is 0 Å². The molecule has 0 radical (unpaired) electrons. The molecule has 1 nitrogen and oxygen atoms in total. The largest absolute Gasteiger partial charge is 0.327 e. The molecule has 12 heavy (non-hydrogen) atoms. The van der Waals surface area contributed by atoms with Crippen LogP contribution in [0.2, 0.25) is 0 Å². The molecule has 2 heteroatoms. The summed E-state index contributed by atoms with van der Waals surface area (Å²) in [6.45, 7) is 0. The van der Waals surface area contributed by atoms with E-state index in [9.17, 15) is 0 Å². The molecule has 2 fully saturated rings. The fourth-order valence-corrected chi connectivity index (χ4v) is 3.55. The zero-order valence-electron chi connectivity index (χ0n) is 7.67. The van der Waals surface area contributed by atoms with E-state index >= 15 is 0 Å². The first-order valence-electron chi connectivity index (χ1n) is 5.19. The normalized spacial score (nSPS) is 33.2. The van der Waals surface area contributed by atoms with Gasteiger partial charge in [-0.1, -0.05) is 19.3 Å². The maximum Gasteiger partial charge on any atom is 0.00779 e. The summed E-state index contributed by atoms with van der Waals surface area (Å²) in [4.78, 5) is 0. The van der Waals surface area contributed by atoms with E-state index in [0.29, 0.717) is 6.04 Å². The Morgan fingerprint density at radius 2 is 2.17 bits per heavy atom. The van der Waals surface area contributed by atoms with Gasteiger partial charge in [-0.2, -0.15) is 11.8 Å². The zero-order valence-corrected chi connectivity index (χ0v) is 8.48. The molecule has 0 aromatic heterocycles. The van der Waals surface area contributed by atoms with Gasteiger partial charge in [-0.25, -0.2) is 0 Å². The third-order valence-corrected chi connectivity index (χ3v) is 4.59. The van der Waals surface area contributed by atoms with E-state index in [1.807, 2.05) is 0 Å². The Bertz CT molecular complexity index is 139. The van der Waals surface area contributed by atoms with Crippen LogP contribution in [-0.2, 0) is 0 Å². The van der Waals surface area contributed by atoms with E-state index in [-0.39, 0.29) is 0 Å². The van der Waals surface area contributed by atoms with Gasteiger partial charge >= 0.3 is 0 Å². The van der Waals surface area contributed by atoms with Gasteiger partial charge in [0, 0.05) is 6.04 Å². The monoisotopic (exact) mass is 185 g/mol. The molecule has 2 rings (SSSR count). The number of thioether (sulfide) groups is 1. The minimum absolute atomic E-state index is 0.519. The Balaban J connectivity index is 1.71. The first-order chi connectivity index (χ1) is 5.86. The number of nitrogens with two attached hydrogens (primary N) is 1. The fourth-order valence-electron chi connectivity index (χ4n) is 2.20. The van der Waals surface area contributed by atoms with Gasteiger partial charge in [-0.3, -0.25) is 0 Å². The molecule has 1 saturated heterocycles. The molecule has 0 aromatic carbocycles. The summed E-state index contributed by atoms with van der Waals surface area (Å²) in [5.74, 6) is 4.51. The lowest BCUT2D eigenvalue weighted by molar-refractivity contribution is 0.253. The lowest BCUT2D eigenvalue weighted by atomic mass is 9.78. The highest BCUT2D eigenvalue weighted by Crippen LogP contribution is 2.34. The fraction of sp³-hybridized carbons (Fsp3) is 1.00. The van der Waals surface area contributed by atoms with Crippen molar-refractivity contribution >= 4 is 11.8 Å². The van der Waals surface area contributed by atoms with Gasteiger partial charge in [0.25, 0.3) is 0 Å². The predicted molar refractivity (Wildman–Crippen MR) is 55.4 cm³/mol. The quantitative estimate of drug-likeness (QED) is 0.730. The van der Waals surface area contributed by atoms with E-state index < -0.39 is 0 Å².